The van der Waals surface area contributed by atoms with E-state index >= 15 is 0 Å². The minimum Gasteiger partial charge on any atom is -0.409 e. The van der Waals surface area contributed by atoms with E-state index in [1.165, 1.54) is 25.3 Å². The van der Waals surface area contributed by atoms with Gasteiger partial charge in [-0.15, -0.1) is 13.2 Å². The lowest BCUT2D eigenvalue weighted by Crippen LogP contribution is -2.50. The van der Waals surface area contributed by atoms with Gasteiger partial charge in [0.05, 0.1) is 18.4 Å². The van der Waals surface area contributed by atoms with E-state index in [2.05, 4.69) is 10.1 Å². The predicted octanol–water partition coefficient (Wildman–Crippen LogP) is 5.33. The molecule has 6 nitrogen and oxygen atoms in total. The number of benzene rings is 1. The zero-order valence-corrected chi connectivity index (χ0v) is 19.8. The van der Waals surface area contributed by atoms with Crippen molar-refractivity contribution < 1.29 is 32.2 Å². The zero-order valence-electron chi connectivity index (χ0n) is 19.1. The minimum atomic E-state index is -4.83. The summed E-state index contributed by atoms with van der Waals surface area (Å²) in [5, 5.41) is 3.00. The molecule has 2 amide bonds. The van der Waals surface area contributed by atoms with E-state index in [9.17, 15) is 22.8 Å². The lowest BCUT2D eigenvalue weighted by atomic mass is 9.75. The summed E-state index contributed by atoms with van der Waals surface area (Å²) in [5.74, 6) is -0.729. The lowest BCUT2D eigenvalue weighted by molar-refractivity contribution is -0.309. The number of halogens is 4. The predicted molar refractivity (Wildman–Crippen MR) is 122 cm³/mol. The van der Waals surface area contributed by atoms with Crippen LogP contribution >= 0.6 is 11.6 Å². The highest BCUT2D eigenvalue weighted by molar-refractivity contribution is 6.32. The summed E-state index contributed by atoms with van der Waals surface area (Å²) in [6.45, 7) is 2.41. The number of rotatable bonds is 7. The molecule has 2 atom stereocenters. The summed E-state index contributed by atoms with van der Waals surface area (Å²) in [7, 11) is 1.51. The largest absolute Gasteiger partial charge is 0.572 e. The molecule has 0 bridgehead atoms. The van der Waals surface area contributed by atoms with E-state index in [1.807, 2.05) is 0 Å². The van der Waals surface area contributed by atoms with Crippen LogP contribution < -0.4 is 5.32 Å². The Balaban J connectivity index is 1.77. The van der Waals surface area contributed by atoms with Crippen molar-refractivity contribution >= 4 is 29.1 Å². The van der Waals surface area contributed by atoms with Gasteiger partial charge in [-0.3, -0.25) is 9.59 Å². The second-order valence-electron chi connectivity index (χ2n) is 8.57. The number of carbonyl (C=O) groups excluding carboxylic acids is 2. The third-order valence-corrected chi connectivity index (χ3v) is 6.47. The van der Waals surface area contributed by atoms with Gasteiger partial charge in [0.2, 0.25) is 11.8 Å². The molecule has 186 valence electrons. The smallest absolute Gasteiger partial charge is 0.409 e. The standard InChI is InChI=1S/C24H28ClF3N2O4/c1-23(12-5-3-8-20(23)34-24(26,27)28)17-10-9-16(15-18(17)25)29-22(32)19-7-4-6-13-30(19)21(31)11-14-33-2/h3,5,8-10,15,19H,4,6-7,11-14H2,1-2H3,(H,29,32). The van der Waals surface area contributed by atoms with Gasteiger partial charge in [0.25, 0.3) is 0 Å². The number of nitrogens with zero attached hydrogens (tertiary/aromatic N) is 1. The fourth-order valence-corrected chi connectivity index (χ4v) is 4.75. The first kappa shape index (κ1) is 26.1. The van der Waals surface area contributed by atoms with Crippen molar-refractivity contribution in [3.8, 4) is 0 Å². The quantitative estimate of drug-likeness (QED) is 0.549. The molecule has 3 rings (SSSR count). The van der Waals surface area contributed by atoms with Crippen LogP contribution in [0, 0.1) is 0 Å². The van der Waals surface area contributed by atoms with Gasteiger partial charge in [-0.1, -0.05) is 29.8 Å². The van der Waals surface area contributed by atoms with Crippen LogP contribution in [-0.4, -0.2) is 49.4 Å². The first-order valence-corrected chi connectivity index (χ1v) is 11.5. The molecule has 0 radical (unpaired) electrons. The normalized spacial score (nSPS) is 22.8. The molecule has 10 heteroatoms. The van der Waals surface area contributed by atoms with Gasteiger partial charge < -0.3 is 19.7 Å². The van der Waals surface area contributed by atoms with Crippen molar-refractivity contribution in [3.05, 3.63) is 52.8 Å². The molecule has 1 heterocycles. The van der Waals surface area contributed by atoms with Crippen molar-refractivity contribution in [2.75, 3.05) is 25.6 Å². The van der Waals surface area contributed by atoms with Crippen LogP contribution in [0.1, 0.15) is 44.6 Å². The number of carbonyl (C=O) groups is 2. The molecule has 1 aromatic rings. The van der Waals surface area contributed by atoms with Crippen LogP contribution in [0.4, 0.5) is 18.9 Å². The van der Waals surface area contributed by atoms with Gasteiger partial charge in [0.15, 0.2) is 0 Å². The van der Waals surface area contributed by atoms with Crippen LogP contribution in [0.2, 0.25) is 5.02 Å². The van der Waals surface area contributed by atoms with Gasteiger partial charge in [0, 0.05) is 24.4 Å². The summed E-state index contributed by atoms with van der Waals surface area (Å²) in [5.41, 5.74) is -0.287. The lowest BCUT2D eigenvalue weighted by Gasteiger charge is -2.35. The molecule has 0 aromatic heterocycles. The van der Waals surface area contributed by atoms with Crippen LogP contribution in [0.25, 0.3) is 0 Å². The number of amides is 2. The molecular weight excluding hydrogens is 473 g/mol. The molecular formula is C24H28ClF3N2O4. The molecule has 0 saturated carbocycles. The van der Waals surface area contributed by atoms with Gasteiger partial charge in [0.1, 0.15) is 11.8 Å². The number of likely N-dealkylation sites (tertiary alicyclic amines) is 1. The number of piperidine rings is 1. The first-order valence-electron chi connectivity index (χ1n) is 11.1. The number of methoxy groups -OCH3 is 1. The van der Waals surface area contributed by atoms with E-state index in [1.54, 1.807) is 30.0 Å². The Hall–Kier alpha value is -2.52. The fourth-order valence-electron chi connectivity index (χ4n) is 4.36. The van der Waals surface area contributed by atoms with Crippen LogP contribution in [0.3, 0.4) is 0 Å². The maximum Gasteiger partial charge on any atom is 0.572 e. The maximum absolute atomic E-state index is 13.0. The van der Waals surface area contributed by atoms with Gasteiger partial charge >= 0.3 is 6.36 Å². The molecule has 2 unspecified atom stereocenters. The topological polar surface area (TPSA) is 67.9 Å². The molecule has 1 aromatic carbocycles. The molecule has 1 N–H and O–H groups in total. The Kier molecular flexibility index (Phi) is 8.30. The van der Waals surface area contributed by atoms with E-state index in [0.717, 1.165) is 12.8 Å². The minimum absolute atomic E-state index is 0.141. The number of anilines is 1. The molecule has 2 aliphatic rings. The van der Waals surface area contributed by atoms with E-state index in [-0.39, 0.29) is 42.0 Å². The number of nitrogens with one attached hydrogen (secondary N) is 1. The maximum atomic E-state index is 13.0. The molecule has 0 spiro atoms. The Bertz CT molecular complexity index is 979. The average Bonchev–Trinajstić information content (AvgIpc) is 2.78. The third kappa shape index (κ3) is 6.13. The Morgan fingerprint density at radius 2 is 2.06 bits per heavy atom. The highest BCUT2D eigenvalue weighted by Gasteiger charge is 2.42. The number of hydrogen-bond donors (Lipinski definition) is 1. The third-order valence-electron chi connectivity index (χ3n) is 6.16. The van der Waals surface area contributed by atoms with Crippen LogP contribution in [0.5, 0.6) is 0 Å². The zero-order chi connectivity index (χ0) is 24.9. The van der Waals surface area contributed by atoms with E-state index < -0.39 is 17.8 Å². The second-order valence-corrected chi connectivity index (χ2v) is 8.98. The Morgan fingerprint density at radius 1 is 1.29 bits per heavy atom. The van der Waals surface area contributed by atoms with Crippen LogP contribution in [-0.2, 0) is 24.5 Å². The van der Waals surface area contributed by atoms with Gasteiger partial charge in [-0.2, -0.15) is 0 Å². The van der Waals surface area contributed by atoms with E-state index in [4.69, 9.17) is 16.3 Å². The van der Waals surface area contributed by atoms with E-state index in [0.29, 0.717) is 24.2 Å². The highest BCUT2D eigenvalue weighted by Crippen LogP contribution is 2.44. The van der Waals surface area contributed by atoms with Crippen LogP contribution in [0.15, 0.2) is 42.2 Å². The SMILES string of the molecule is COCCC(=O)N1CCCCC1C(=O)Nc1ccc(C2(C)CC=CC=C2OC(F)(F)F)c(Cl)c1. The Labute approximate surface area is 201 Å². The Morgan fingerprint density at radius 3 is 2.74 bits per heavy atom. The summed E-state index contributed by atoms with van der Waals surface area (Å²) < 4.78 is 48.1. The number of ether oxygens (including phenoxy) is 2. The highest BCUT2D eigenvalue weighted by atomic mass is 35.5. The summed E-state index contributed by atoms with van der Waals surface area (Å²) in [6, 6.07) is 4.08. The molecule has 1 fully saturated rings. The van der Waals surface area contributed by atoms with Gasteiger partial charge in [-0.25, -0.2) is 0 Å². The summed E-state index contributed by atoms with van der Waals surface area (Å²) >= 11 is 6.48. The number of hydrogen-bond acceptors (Lipinski definition) is 4. The van der Waals surface area contributed by atoms with Crippen molar-refractivity contribution in [1.82, 2.24) is 4.90 Å². The van der Waals surface area contributed by atoms with Crippen molar-refractivity contribution in [2.45, 2.75) is 56.8 Å². The first-order chi connectivity index (χ1) is 16.0. The molecule has 1 aliphatic heterocycles. The summed E-state index contributed by atoms with van der Waals surface area (Å²) in [4.78, 5) is 27.1. The van der Waals surface area contributed by atoms with Crippen molar-refractivity contribution in [3.63, 3.8) is 0 Å². The molecule has 1 aliphatic carbocycles. The van der Waals surface area contributed by atoms with Gasteiger partial charge in [-0.05, 0) is 56.4 Å². The van der Waals surface area contributed by atoms with Crippen molar-refractivity contribution in [2.24, 2.45) is 0 Å². The monoisotopic (exact) mass is 500 g/mol. The average molecular weight is 501 g/mol. The second kappa shape index (κ2) is 10.8. The molecule has 34 heavy (non-hydrogen) atoms. The molecule has 1 saturated heterocycles. The summed E-state index contributed by atoms with van der Waals surface area (Å²) in [6.07, 6.45) is 2.36. The number of allylic oxidation sites excluding steroid dienone is 4. The fraction of sp³-hybridized carbons (Fsp3) is 0.500. The van der Waals surface area contributed by atoms with Crippen molar-refractivity contribution in [1.29, 1.82) is 0 Å². The number of alkyl halides is 3.